The summed E-state index contributed by atoms with van der Waals surface area (Å²) in [6, 6.07) is 7.68. The summed E-state index contributed by atoms with van der Waals surface area (Å²) < 4.78 is 22.6. The molecule has 0 bridgehead atoms. The minimum atomic E-state index is -0.602. The zero-order valence-electron chi connectivity index (χ0n) is 21.5. The van der Waals surface area contributed by atoms with Crippen molar-refractivity contribution in [1.82, 2.24) is 34.4 Å². The molecular weight excluding hydrogens is 537 g/mol. The zero-order valence-corrected chi connectivity index (χ0v) is 22.3. The van der Waals surface area contributed by atoms with Gasteiger partial charge in [0.05, 0.1) is 22.4 Å². The third kappa shape index (κ3) is 5.01. The average Bonchev–Trinajstić information content (AvgIpc) is 3.56. The van der Waals surface area contributed by atoms with Gasteiger partial charge in [0.15, 0.2) is 5.65 Å². The maximum atomic E-state index is 15.2. The minimum Gasteiger partial charge on any atom is -0.455 e. The van der Waals surface area contributed by atoms with E-state index in [4.69, 9.17) is 16.3 Å². The second-order valence-electron chi connectivity index (χ2n) is 9.40. The fourth-order valence-corrected chi connectivity index (χ4v) is 4.53. The molecular formula is C27H23ClFN9O2. The number of amides is 1. The Morgan fingerprint density at radius 3 is 2.88 bits per heavy atom. The molecule has 13 heteroatoms. The number of hydrogen-bond donors (Lipinski definition) is 1. The highest BCUT2D eigenvalue weighted by Crippen LogP contribution is 2.36. The average molecular weight is 560 g/mol. The third-order valence-corrected chi connectivity index (χ3v) is 6.66. The number of halogens is 2. The molecule has 1 aromatic carbocycles. The molecule has 0 spiro atoms. The lowest BCUT2D eigenvalue weighted by molar-refractivity contribution is -0.114. The van der Waals surface area contributed by atoms with Gasteiger partial charge in [-0.3, -0.25) is 9.69 Å². The summed E-state index contributed by atoms with van der Waals surface area (Å²) in [7, 11) is 3.90. The van der Waals surface area contributed by atoms with Crippen molar-refractivity contribution in [3.8, 4) is 11.5 Å². The van der Waals surface area contributed by atoms with Crippen LogP contribution in [0.2, 0.25) is 5.02 Å². The molecule has 0 saturated carbocycles. The van der Waals surface area contributed by atoms with Gasteiger partial charge in [0, 0.05) is 42.4 Å². The van der Waals surface area contributed by atoms with Gasteiger partial charge in [0.2, 0.25) is 0 Å². The fourth-order valence-electron chi connectivity index (χ4n) is 4.33. The Balaban J connectivity index is 1.26. The van der Waals surface area contributed by atoms with E-state index in [1.807, 2.05) is 25.1 Å². The van der Waals surface area contributed by atoms with Crippen LogP contribution in [0.3, 0.4) is 0 Å². The first kappa shape index (κ1) is 25.6. The van der Waals surface area contributed by atoms with Crippen LogP contribution in [-0.4, -0.2) is 67.5 Å². The largest absolute Gasteiger partial charge is 0.455 e. The summed E-state index contributed by atoms with van der Waals surface area (Å²) >= 11 is 6.46. The number of rotatable bonds is 7. The number of benzene rings is 1. The molecule has 202 valence electrons. The quantitative estimate of drug-likeness (QED) is 0.285. The number of carbonyl (C=O) groups excluding carboxylic acids is 1. The van der Waals surface area contributed by atoms with E-state index < -0.39 is 5.82 Å². The van der Waals surface area contributed by atoms with Crippen molar-refractivity contribution in [2.75, 3.05) is 37.4 Å². The summed E-state index contributed by atoms with van der Waals surface area (Å²) in [6.45, 7) is 1.19. The van der Waals surface area contributed by atoms with Gasteiger partial charge >= 0.3 is 0 Å². The predicted octanol–water partition coefficient (Wildman–Crippen LogP) is 4.62. The van der Waals surface area contributed by atoms with E-state index in [-0.39, 0.29) is 22.4 Å². The highest BCUT2D eigenvalue weighted by molar-refractivity contribution is 6.32. The van der Waals surface area contributed by atoms with Gasteiger partial charge in [-0.05, 0) is 38.7 Å². The monoisotopic (exact) mass is 559 g/mol. The van der Waals surface area contributed by atoms with Gasteiger partial charge in [0.1, 0.15) is 41.6 Å². The Hall–Kier alpha value is -4.68. The number of nitrogens with one attached hydrogen (secondary N) is 1. The topological polar surface area (TPSA) is 114 Å². The molecule has 0 atom stereocenters. The molecule has 1 amide bonds. The van der Waals surface area contributed by atoms with Crippen molar-refractivity contribution in [3.63, 3.8) is 0 Å². The van der Waals surface area contributed by atoms with Crippen LogP contribution in [0.25, 0.3) is 16.6 Å². The Morgan fingerprint density at radius 2 is 2.02 bits per heavy atom. The summed E-state index contributed by atoms with van der Waals surface area (Å²) in [5, 5.41) is 7.80. The van der Waals surface area contributed by atoms with Crippen LogP contribution in [-0.2, 0) is 4.79 Å². The standard InChI is InChI=1S/C27H23ClFN9O2/c1-36(2)6-3-16-4-7-37(27(16)39)24-10-18-22(13-30-24)31-14-33-26(18)35-21-11-19(28)23(12-20(21)29)40-17-5-8-38-25(9-17)32-15-34-38/h3,5,8-15H,4,6-7H2,1-2H3,(H,31,33,35)/b16-3+. The molecule has 1 fully saturated rings. The molecule has 1 N–H and O–H groups in total. The van der Waals surface area contributed by atoms with E-state index in [9.17, 15) is 4.79 Å². The van der Waals surface area contributed by atoms with Gasteiger partial charge < -0.3 is 15.0 Å². The number of pyridine rings is 2. The molecule has 4 aromatic heterocycles. The van der Waals surface area contributed by atoms with Crippen LogP contribution >= 0.6 is 11.6 Å². The number of anilines is 3. The van der Waals surface area contributed by atoms with Crippen molar-refractivity contribution in [2.45, 2.75) is 6.42 Å². The van der Waals surface area contributed by atoms with Crippen molar-refractivity contribution < 1.29 is 13.9 Å². The third-order valence-electron chi connectivity index (χ3n) is 6.37. The molecule has 0 radical (unpaired) electrons. The number of aromatic nitrogens is 6. The van der Waals surface area contributed by atoms with Crippen molar-refractivity contribution in [3.05, 3.63) is 77.9 Å². The van der Waals surface area contributed by atoms with Crippen LogP contribution in [0.1, 0.15) is 6.42 Å². The Bertz CT molecular complexity index is 1790. The predicted molar refractivity (Wildman–Crippen MR) is 149 cm³/mol. The van der Waals surface area contributed by atoms with Crippen LogP contribution in [0.4, 0.5) is 21.7 Å². The molecule has 6 rings (SSSR count). The Morgan fingerprint density at radius 1 is 1.15 bits per heavy atom. The first-order valence-electron chi connectivity index (χ1n) is 12.4. The molecule has 5 heterocycles. The first-order chi connectivity index (χ1) is 19.4. The Labute approximate surface area is 232 Å². The van der Waals surface area contributed by atoms with Gasteiger partial charge in [-0.2, -0.15) is 5.10 Å². The van der Waals surface area contributed by atoms with Gasteiger partial charge in [-0.1, -0.05) is 17.7 Å². The molecule has 0 unspecified atom stereocenters. The van der Waals surface area contributed by atoms with Gasteiger partial charge in [0.25, 0.3) is 5.91 Å². The molecule has 1 saturated heterocycles. The lowest BCUT2D eigenvalue weighted by Crippen LogP contribution is -2.25. The minimum absolute atomic E-state index is 0.0864. The number of fused-ring (bicyclic) bond motifs is 2. The fraction of sp³-hybridized carbons (Fsp3) is 0.185. The maximum Gasteiger partial charge on any atom is 0.255 e. The molecule has 1 aliphatic heterocycles. The second-order valence-corrected chi connectivity index (χ2v) is 9.80. The van der Waals surface area contributed by atoms with Crippen molar-refractivity contribution in [1.29, 1.82) is 0 Å². The van der Waals surface area contributed by atoms with Crippen LogP contribution < -0.4 is 15.0 Å². The highest BCUT2D eigenvalue weighted by atomic mass is 35.5. The van der Waals surface area contributed by atoms with E-state index in [2.05, 4.69) is 30.4 Å². The van der Waals surface area contributed by atoms with Crippen molar-refractivity contribution >= 4 is 51.4 Å². The van der Waals surface area contributed by atoms with Crippen LogP contribution in [0.15, 0.2) is 67.0 Å². The number of likely N-dealkylation sites (N-methyl/N-ethyl adjacent to an activating group) is 1. The summed E-state index contributed by atoms with van der Waals surface area (Å²) in [5.41, 5.74) is 1.95. The van der Waals surface area contributed by atoms with Crippen LogP contribution in [0, 0.1) is 5.82 Å². The van der Waals surface area contributed by atoms with Gasteiger partial charge in [-0.15, -0.1) is 0 Å². The zero-order chi connectivity index (χ0) is 27.8. The smallest absolute Gasteiger partial charge is 0.255 e. The number of nitrogens with zero attached hydrogens (tertiary/aromatic N) is 8. The molecule has 5 aromatic rings. The number of carbonyl (C=O) groups is 1. The highest BCUT2D eigenvalue weighted by Gasteiger charge is 2.28. The van der Waals surface area contributed by atoms with E-state index in [1.54, 1.807) is 40.0 Å². The number of hydrogen-bond acceptors (Lipinski definition) is 9. The maximum absolute atomic E-state index is 15.2. The Kier molecular flexibility index (Phi) is 6.70. The van der Waals surface area contributed by atoms with E-state index in [0.717, 1.165) is 5.57 Å². The lowest BCUT2D eigenvalue weighted by atomic mass is 10.2. The normalized spacial score (nSPS) is 14.7. The SMILES string of the molecule is CN(C)C/C=C1\CCN(c2cc3c(Nc4cc(Cl)c(Oc5ccn6ncnc6c5)cc4F)ncnc3cn2)C1=O. The van der Waals surface area contributed by atoms with E-state index >= 15 is 4.39 Å². The molecule has 1 aliphatic rings. The summed E-state index contributed by atoms with van der Waals surface area (Å²) in [4.78, 5) is 33.7. The first-order valence-corrected chi connectivity index (χ1v) is 12.7. The summed E-state index contributed by atoms with van der Waals surface area (Å²) in [6.07, 6.45) is 8.59. The molecule has 11 nitrogen and oxygen atoms in total. The van der Waals surface area contributed by atoms with E-state index in [0.29, 0.717) is 53.4 Å². The lowest BCUT2D eigenvalue weighted by Gasteiger charge is -2.16. The van der Waals surface area contributed by atoms with Crippen LogP contribution in [0.5, 0.6) is 11.5 Å². The summed E-state index contributed by atoms with van der Waals surface area (Å²) in [5.74, 6) is 0.685. The van der Waals surface area contributed by atoms with Crippen molar-refractivity contribution in [2.24, 2.45) is 0 Å². The molecule has 40 heavy (non-hydrogen) atoms. The molecule has 0 aliphatic carbocycles. The second kappa shape index (κ2) is 10.5. The van der Waals surface area contributed by atoms with Gasteiger partial charge in [-0.25, -0.2) is 28.8 Å². The van der Waals surface area contributed by atoms with E-state index in [1.165, 1.54) is 24.8 Å². The number of ether oxygens (including phenoxy) is 1.